The van der Waals surface area contributed by atoms with Crippen LogP contribution < -0.4 is 16.0 Å². The molecular formula is C39H69N5O7. The maximum Gasteiger partial charge on any atom is 0.245 e. The molecular weight excluding hydrogens is 650 g/mol. The molecule has 1 fully saturated rings. The number of likely N-dealkylation sites (N-methyl/N-ethyl adjacent to an activating group) is 2. The number of nitrogens with zero attached hydrogens (tertiary/aromatic N) is 2. The highest BCUT2D eigenvalue weighted by Gasteiger charge is 2.43. The number of carbonyl (C=O) groups excluding carboxylic acids is 4. The van der Waals surface area contributed by atoms with Crippen LogP contribution in [-0.4, -0.2) is 122 Å². The van der Waals surface area contributed by atoms with Gasteiger partial charge in [-0.2, -0.15) is 0 Å². The van der Waals surface area contributed by atoms with Crippen LogP contribution >= 0.6 is 0 Å². The maximum absolute atomic E-state index is 14.1. The average Bonchev–Trinajstić information content (AvgIpc) is 3.58. The Labute approximate surface area is 307 Å². The Kier molecular flexibility index (Phi) is 19.9. The van der Waals surface area contributed by atoms with Gasteiger partial charge in [-0.3, -0.25) is 19.2 Å². The third-order valence-electron chi connectivity index (χ3n) is 10.5. The fourth-order valence-electron chi connectivity index (χ4n) is 7.20. The zero-order valence-electron chi connectivity index (χ0n) is 33.4. The molecule has 1 rings (SSSR count). The second-order valence-corrected chi connectivity index (χ2v) is 14.7. The van der Waals surface area contributed by atoms with Gasteiger partial charge in [-0.25, -0.2) is 0 Å². The number of allylic oxidation sites excluding steroid dienone is 2. The molecule has 1 aliphatic rings. The van der Waals surface area contributed by atoms with Gasteiger partial charge in [0.15, 0.2) is 0 Å². The van der Waals surface area contributed by atoms with Crippen molar-refractivity contribution in [2.45, 2.75) is 130 Å². The average molecular weight is 720 g/mol. The summed E-state index contributed by atoms with van der Waals surface area (Å²) >= 11 is 0. The first kappa shape index (κ1) is 46.0. The Balaban J connectivity index is 3.25. The summed E-state index contributed by atoms with van der Waals surface area (Å²) in [5, 5.41) is 19.7. The lowest BCUT2D eigenvalue weighted by Crippen LogP contribution is -2.59. The molecule has 1 aliphatic heterocycles. The van der Waals surface area contributed by atoms with E-state index in [2.05, 4.69) is 29.1 Å². The van der Waals surface area contributed by atoms with Gasteiger partial charge in [0.05, 0.1) is 54.8 Å². The largest absolute Gasteiger partial charge is 0.386 e. The summed E-state index contributed by atoms with van der Waals surface area (Å²) in [5.41, 5.74) is 0.537. The number of hydrogen-bond acceptors (Lipinski definition) is 8. The van der Waals surface area contributed by atoms with Crippen molar-refractivity contribution in [2.24, 2.45) is 23.7 Å². The smallest absolute Gasteiger partial charge is 0.245 e. The second-order valence-electron chi connectivity index (χ2n) is 14.7. The Bertz CT molecular complexity index is 1190. The first-order valence-electron chi connectivity index (χ1n) is 18.5. The third-order valence-corrected chi connectivity index (χ3v) is 10.5. The normalized spacial score (nSPS) is 20.4. The molecule has 1 heterocycles. The lowest BCUT2D eigenvalue weighted by Gasteiger charge is -2.41. The molecule has 12 nitrogen and oxygen atoms in total. The van der Waals surface area contributed by atoms with Crippen molar-refractivity contribution in [3.8, 4) is 0 Å². The highest BCUT2D eigenvalue weighted by atomic mass is 16.5. The monoisotopic (exact) mass is 720 g/mol. The molecule has 292 valence electrons. The van der Waals surface area contributed by atoms with Gasteiger partial charge in [-0.15, -0.1) is 0 Å². The van der Waals surface area contributed by atoms with Gasteiger partial charge in [-0.1, -0.05) is 86.3 Å². The molecule has 0 saturated carbocycles. The van der Waals surface area contributed by atoms with E-state index in [-0.39, 0.29) is 53.8 Å². The van der Waals surface area contributed by atoms with E-state index in [1.165, 1.54) is 13.2 Å². The van der Waals surface area contributed by atoms with Gasteiger partial charge in [0.1, 0.15) is 6.04 Å². The summed E-state index contributed by atoms with van der Waals surface area (Å²) in [7, 11) is 6.54. The molecule has 0 radical (unpaired) electrons. The molecule has 0 aromatic rings. The van der Waals surface area contributed by atoms with Crippen molar-refractivity contribution in [3.63, 3.8) is 0 Å². The first-order chi connectivity index (χ1) is 24.0. The molecule has 0 aromatic carbocycles. The van der Waals surface area contributed by atoms with Crippen LogP contribution in [0.5, 0.6) is 0 Å². The Morgan fingerprint density at radius 3 is 2.04 bits per heavy atom. The summed E-state index contributed by atoms with van der Waals surface area (Å²) < 4.78 is 11.9. The number of amides is 4. The Morgan fingerprint density at radius 1 is 0.961 bits per heavy atom. The summed E-state index contributed by atoms with van der Waals surface area (Å²) in [6.45, 7) is 23.1. The van der Waals surface area contributed by atoms with Gasteiger partial charge in [0, 0.05) is 27.8 Å². The van der Waals surface area contributed by atoms with Gasteiger partial charge in [0.25, 0.3) is 0 Å². The number of aliphatic hydroxyl groups excluding tert-OH is 1. The summed E-state index contributed by atoms with van der Waals surface area (Å²) in [5.74, 6) is -1.73. The van der Waals surface area contributed by atoms with Crippen molar-refractivity contribution in [2.75, 3.05) is 34.9 Å². The topological polar surface area (TPSA) is 150 Å². The van der Waals surface area contributed by atoms with Crippen LogP contribution in [0.3, 0.4) is 0 Å². The highest BCUT2D eigenvalue weighted by Crippen LogP contribution is 2.30. The van der Waals surface area contributed by atoms with Gasteiger partial charge in [-0.05, 0) is 50.1 Å². The van der Waals surface area contributed by atoms with Gasteiger partial charge in [0.2, 0.25) is 23.6 Å². The van der Waals surface area contributed by atoms with Crippen molar-refractivity contribution >= 4 is 23.6 Å². The van der Waals surface area contributed by atoms with E-state index in [9.17, 15) is 24.3 Å². The van der Waals surface area contributed by atoms with Crippen LogP contribution in [-0.2, 0) is 28.7 Å². The van der Waals surface area contributed by atoms with Crippen LogP contribution in [0.4, 0.5) is 0 Å². The van der Waals surface area contributed by atoms with Crippen molar-refractivity contribution in [3.05, 3.63) is 37.0 Å². The van der Waals surface area contributed by atoms with E-state index >= 15 is 0 Å². The SMILES string of the molecule is C=C/C=C(\C=C)C(O)C(C)NC(=O)C(C)C(OC)C1CCCN1C(=O)CC(OC)C(C(C)CC)N(C)C(=O)[C@@H](NC(=O)C(NC)C(C)C)C(C)C. The molecule has 0 aliphatic carbocycles. The quantitative estimate of drug-likeness (QED) is 0.124. The number of nitrogens with one attached hydrogen (secondary N) is 3. The highest BCUT2D eigenvalue weighted by molar-refractivity contribution is 5.90. The number of rotatable bonds is 22. The summed E-state index contributed by atoms with van der Waals surface area (Å²) in [4.78, 5) is 58.2. The summed E-state index contributed by atoms with van der Waals surface area (Å²) in [6.07, 6.45) is 4.69. The van der Waals surface area contributed by atoms with E-state index in [4.69, 9.17) is 9.47 Å². The molecule has 9 unspecified atom stereocenters. The van der Waals surface area contributed by atoms with Crippen LogP contribution in [0.25, 0.3) is 0 Å². The number of carbonyl (C=O) groups is 4. The molecule has 0 spiro atoms. The fourth-order valence-corrected chi connectivity index (χ4v) is 7.20. The van der Waals surface area contributed by atoms with Crippen LogP contribution in [0.1, 0.15) is 81.1 Å². The second kappa shape index (κ2) is 22.1. The van der Waals surface area contributed by atoms with Crippen molar-refractivity contribution in [1.29, 1.82) is 0 Å². The minimum atomic E-state index is -0.978. The third kappa shape index (κ3) is 12.3. The van der Waals surface area contributed by atoms with E-state index in [0.29, 0.717) is 18.5 Å². The zero-order chi connectivity index (χ0) is 39.2. The van der Waals surface area contributed by atoms with E-state index in [0.717, 1.165) is 12.8 Å². The molecule has 4 N–H and O–H groups in total. The van der Waals surface area contributed by atoms with Crippen LogP contribution in [0.2, 0.25) is 0 Å². The number of likely N-dealkylation sites (tertiary alicyclic amines) is 1. The molecule has 1 saturated heterocycles. The van der Waals surface area contributed by atoms with Crippen LogP contribution in [0, 0.1) is 23.7 Å². The Hall–Kier alpha value is -3.06. The number of hydrogen-bond donors (Lipinski definition) is 4. The van der Waals surface area contributed by atoms with Crippen molar-refractivity contribution < 1.29 is 33.8 Å². The summed E-state index contributed by atoms with van der Waals surface area (Å²) in [6, 6.07) is -2.62. The standard InChI is InChI=1S/C39H69N5O7/c1-15-19-28(17-3)35(46)27(10)41-37(47)26(9)36(51-14)29-20-18-21-44(29)31(45)22-30(50-13)34(25(8)16-2)43(12)39(49)33(24(6)7)42-38(48)32(40-11)23(4)5/h15,17,19,23-27,29-30,32-36,40,46H,1,3,16,18,20-22H2,2,4-14H3,(H,41,47)(H,42,48)/b28-19+/t25?,26?,27?,29?,30?,32?,33-,34?,35?,36?/m0/s1. The van der Waals surface area contributed by atoms with E-state index in [1.54, 1.807) is 57.0 Å². The maximum atomic E-state index is 14.1. The lowest BCUT2D eigenvalue weighted by molar-refractivity contribution is -0.148. The lowest BCUT2D eigenvalue weighted by atomic mass is 9.89. The number of ether oxygens (including phenoxy) is 2. The Morgan fingerprint density at radius 2 is 1.57 bits per heavy atom. The number of aliphatic hydroxyl groups is 1. The zero-order valence-corrected chi connectivity index (χ0v) is 33.4. The molecule has 4 amide bonds. The van der Waals surface area contributed by atoms with Crippen molar-refractivity contribution in [1.82, 2.24) is 25.8 Å². The van der Waals surface area contributed by atoms with E-state index in [1.807, 2.05) is 41.5 Å². The molecule has 0 aromatic heterocycles. The fraction of sp³-hybridized carbons (Fsp3) is 0.744. The predicted molar refractivity (Wildman–Crippen MR) is 203 cm³/mol. The van der Waals surface area contributed by atoms with Crippen LogP contribution in [0.15, 0.2) is 37.0 Å². The minimum absolute atomic E-state index is 0.0215. The first-order valence-corrected chi connectivity index (χ1v) is 18.5. The molecule has 12 heteroatoms. The van der Waals surface area contributed by atoms with Gasteiger partial charge >= 0.3 is 0 Å². The predicted octanol–water partition coefficient (Wildman–Crippen LogP) is 3.46. The molecule has 10 atom stereocenters. The minimum Gasteiger partial charge on any atom is -0.386 e. The molecule has 51 heavy (non-hydrogen) atoms. The van der Waals surface area contributed by atoms with Gasteiger partial charge < -0.3 is 40.3 Å². The molecule has 0 bridgehead atoms. The van der Waals surface area contributed by atoms with E-state index < -0.39 is 48.4 Å². The number of methoxy groups -OCH3 is 2.